The number of carbonyl (C=O) groups excluding carboxylic acids is 1. The van der Waals surface area contributed by atoms with Crippen LogP contribution in [0.3, 0.4) is 0 Å². The van der Waals surface area contributed by atoms with Crippen LogP contribution in [-0.4, -0.2) is 43.7 Å². The Morgan fingerprint density at radius 3 is 2.23 bits per heavy atom. The van der Waals surface area contributed by atoms with Crippen LogP contribution in [0.5, 0.6) is 0 Å². The van der Waals surface area contributed by atoms with E-state index in [9.17, 15) is 4.79 Å². The van der Waals surface area contributed by atoms with Gasteiger partial charge in [-0.15, -0.1) is 12.4 Å². The highest BCUT2D eigenvalue weighted by atomic mass is 35.5. The van der Waals surface area contributed by atoms with Crippen LogP contribution in [0.25, 0.3) is 0 Å². The molecule has 1 aliphatic heterocycles. The second kappa shape index (κ2) is 12.8. The molecule has 1 amide bonds. The van der Waals surface area contributed by atoms with E-state index in [1.165, 1.54) is 18.1 Å². The molecule has 0 saturated carbocycles. The Hall–Kier alpha value is -1.92. The molecule has 31 heavy (non-hydrogen) atoms. The summed E-state index contributed by atoms with van der Waals surface area (Å²) in [6.45, 7) is 9.47. The van der Waals surface area contributed by atoms with E-state index in [4.69, 9.17) is 9.47 Å². The Morgan fingerprint density at radius 1 is 0.968 bits per heavy atom. The van der Waals surface area contributed by atoms with Gasteiger partial charge in [0.25, 0.3) is 0 Å². The first-order valence-electron chi connectivity index (χ1n) is 10.9. The summed E-state index contributed by atoms with van der Waals surface area (Å²) in [4.78, 5) is 13.7. The zero-order chi connectivity index (χ0) is 21.2. The number of carbonyl (C=O) groups is 1. The van der Waals surface area contributed by atoms with Crippen molar-refractivity contribution < 1.29 is 14.3 Å². The molecule has 1 saturated heterocycles. The standard InChI is InChI=1S/C25H34N2O3.ClH/c1-3-29-19-25(20-30-18-23-7-5-4-6-8-23)13-15-27(16-14-25)17-22-9-11-24(12-10-22)26-21(2)28;/h4-12H,3,13-20H2,1-2H3,(H,26,28);1H. The fourth-order valence-electron chi connectivity index (χ4n) is 3.95. The second-order valence-corrected chi connectivity index (χ2v) is 8.27. The first-order valence-corrected chi connectivity index (χ1v) is 10.9. The molecule has 2 aromatic carbocycles. The van der Waals surface area contributed by atoms with Crippen molar-refractivity contribution in [2.75, 3.05) is 38.2 Å². The number of anilines is 1. The lowest BCUT2D eigenvalue weighted by Crippen LogP contribution is -2.44. The van der Waals surface area contributed by atoms with Crippen LogP contribution in [0.15, 0.2) is 54.6 Å². The zero-order valence-electron chi connectivity index (χ0n) is 18.6. The Labute approximate surface area is 192 Å². The number of nitrogens with one attached hydrogen (secondary N) is 1. The van der Waals surface area contributed by atoms with E-state index in [2.05, 4.69) is 53.5 Å². The third-order valence-corrected chi connectivity index (χ3v) is 5.73. The number of piperidine rings is 1. The number of ether oxygens (including phenoxy) is 2. The van der Waals surface area contributed by atoms with Crippen LogP contribution in [-0.2, 0) is 27.4 Å². The Morgan fingerprint density at radius 2 is 1.61 bits per heavy atom. The lowest BCUT2D eigenvalue weighted by Gasteiger charge is -2.41. The summed E-state index contributed by atoms with van der Waals surface area (Å²) in [5.74, 6) is -0.0427. The predicted molar refractivity (Wildman–Crippen MR) is 128 cm³/mol. The van der Waals surface area contributed by atoms with Crippen LogP contribution >= 0.6 is 12.4 Å². The summed E-state index contributed by atoms with van der Waals surface area (Å²) in [5, 5.41) is 2.82. The number of likely N-dealkylation sites (tertiary alicyclic amines) is 1. The maximum atomic E-state index is 11.2. The summed E-state index contributed by atoms with van der Waals surface area (Å²) < 4.78 is 12.0. The average molecular weight is 447 g/mol. The summed E-state index contributed by atoms with van der Waals surface area (Å²) in [7, 11) is 0. The van der Waals surface area contributed by atoms with Crippen molar-refractivity contribution in [2.45, 2.75) is 39.8 Å². The highest BCUT2D eigenvalue weighted by molar-refractivity contribution is 5.88. The zero-order valence-corrected chi connectivity index (χ0v) is 19.5. The van der Waals surface area contributed by atoms with Crippen molar-refractivity contribution in [3.63, 3.8) is 0 Å². The highest BCUT2D eigenvalue weighted by Crippen LogP contribution is 2.33. The lowest BCUT2D eigenvalue weighted by atomic mass is 9.79. The summed E-state index contributed by atoms with van der Waals surface area (Å²) >= 11 is 0. The van der Waals surface area contributed by atoms with Crippen molar-refractivity contribution in [3.05, 3.63) is 65.7 Å². The molecule has 0 aromatic heterocycles. The molecule has 0 aliphatic carbocycles. The van der Waals surface area contributed by atoms with E-state index in [1.54, 1.807) is 0 Å². The van der Waals surface area contributed by atoms with Gasteiger partial charge in [0.2, 0.25) is 5.91 Å². The number of amides is 1. The van der Waals surface area contributed by atoms with E-state index in [1.807, 2.05) is 18.2 Å². The second-order valence-electron chi connectivity index (χ2n) is 8.27. The molecule has 5 nitrogen and oxygen atoms in total. The Bertz CT molecular complexity index is 775. The van der Waals surface area contributed by atoms with Gasteiger partial charge in [-0.1, -0.05) is 42.5 Å². The molecule has 0 bridgehead atoms. The van der Waals surface area contributed by atoms with Gasteiger partial charge in [-0.2, -0.15) is 0 Å². The van der Waals surface area contributed by atoms with Crippen LogP contribution in [0, 0.1) is 5.41 Å². The molecule has 1 fully saturated rings. The predicted octanol–water partition coefficient (Wildman–Crippen LogP) is 4.90. The Kier molecular flexibility index (Phi) is 10.5. The molecular weight excluding hydrogens is 412 g/mol. The maximum Gasteiger partial charge on any atom is 0.221 e. The summed E-state index contributed by atoms with van der Waals surface area (Å²) in [6, 6.07) is 18.5. The minimum Gasteiger partial charge on any atom is -0.381 e. The van der Waals surface area contributed by atoms with Crippen molar-refractivity contribution in [3.8, 4) is 0 Å². The number of rotatable bonds is 10. The van der Waals surface area contributed by atoms with Crippen molar-refractivity contribution in [1.29, 1.82) is 0 Å². The van der Waals surface area contributed by atoms with Gasteiger partial charge < -0.3 is 14.8 Å². The molecular formula is C25H35ClN2O3. The van der Waals surface area contributed by atoms with Gasteiger partial charge in [0.15, 0.2) is 0 Å². The van der Waals surface area contributed by atoms with E-state index in [-0.39, 0.29) is 23.7 Å². The molecule has 1 heterocycles. The van der Waals surface area contributed by atoms with Crippen molar-refractivity contribution >= 4 is 24.0 Å². The minimum absolute atomic E-state index is 0. The van der Waals surface area contributed by atoms with Gasteiger partial charge >= 0.3 is 0 Å². The first-order chi connectivity index (χ1) is 14.6. The molecule has 2 aromatic rings. The lowest BCUT2D eigenvalue weighted by molar-refractivity contribution is -0.114. The molecule has 0 spiro atoms. The average Bonchev–Trinajstić information content (AvgIpc) is 2.76. The van der Waals surface area contributed by atoms with Gasteiger partial charge in [0.1, 0.15) is 0 Å². The summed E-state index contributed by atoms with van der Waals surface area (Å²) in [5.41, 5.74) is 3.42. The fourth-order valence-corrected chi connectivity index (χ4v) is 3.95. The smallest absolute Gasteiger partial charge is 0.221 e. The topological polar surface area (TPSA) is 50.8 Å². The van der Waals surface area contributed by atoms with Crippen molar-refractivity contribution in [1.82, 2.24) is 4.90 Å². The molecule has 1 N–H and O–H groups in total. The van der Waals surface area contributed by atoms with Gasteiger partial charge in [0.05, 0.1) is 19.8 Å². The third kappa shape index (κ3) is 8.26. The number of benzene rings is 2. The third-order valence-electron chi connectivity index (χ3n) is 5.73. The minimum atomic E-state index is -0.0427. The van der Waals surface area contributed by atoms with Gasteiger partial charge in [-0.3, -0.25) is 9.69 Å². The Balaban J connectivity index is 0.00000341. The van der Waals surface area contributed by atoms with Gasteiger partial charge in [-0.05, 0) is 56.1 Å². The van der Waals surface area contributed by atoms with E-state index in [0.717, 1.165) is 58.0 Å². The maximum absolute atomic E-state index is 11.2. The monoisotopic (exact) mass is 446 g/mol. The van der Waals surface area contributed by atoms with Gasteiger partial charge in [0, 0.05) is 31.2 Å². The molecule has 6 heteroatoms. The number of halogens is 1. The van der Waals surface area contributed by atoms with Gasteiger partial charge in [-0.25, -0.2) is 0 Å². The largest absolute Gasteiger partial charge is 0.381 e. The first kappa shape index (κ1) is 25.3. The van der Waals surface area contributed by atoms with E-state index >= 15 is 0 Å². The fraction of sp³-hybridized carbons (Fsp3) is 0.480. The van der Waals surface area contributed by atoms with Crippen LogP contribution in [0.2, 0.25) is 0 Å². The number of nitrogens with zero attached hydrogens (tertiary/aromatic N) is 1. The molecule has 0 unspecified atom stereocenters. The van der Waals surface area contributed by atoms with Crippen LogP contribution in [0.4, 0.5) is 5.69 Å². The van der Waals surface area contributed by atoms with Crippen LogP contribution < -0.4 is 5.32 Å². The molecule has 3 rings (SSSR count). The number of hydrogen-bond donors (Lipinski definition) is 1. The van der Waals surface area contributed by atoms with E-state index < -0.39 is 0 Å². The quantitative estimate of drug-likeness (QED) is 0.563. The SMILES string of the molecule is CCOCC1(COCc2ccccc2)CCN(Cc2ccc(NC(C)=O)cc2)CC1.Cl. The molecule has 1 aliphatic rings. The van der Waals surface area contributed by atoms with Crippen LogP contribution in [0.1, 0.15) is 37.8 Å². The van der Waals surface area contributed by atoms with E-state index in [0.29, 0.717) is 6.61 Å². The summed E-state index contributed by atoms with van der Waals surface area (Å²) in [6.07, 6.45) is 2.15. The normalized spacial score (nSPS) is 15.8. The molecule has 170 valence electrons. The molecule has 0 radical (unpaired) electrons. The van der Waals surface area contributed by atoms with Crippen molar-refractivity contribution in [2.24, 2.45) is 5.41 Å². The highest BCUT2D eigenvalue weighted by Gasteiger charge is 2.35. The molecule has 0 atom stereocenters. The number of hydrogen-bond acceptors (Lipinski definition) is 4.